The second-order valence-corrected chi connectivity index (χ2v) is 6.36. The minimum atomic E-state index is 0.0641. The Kier molecular flexibility index (Phi) is 5.41. The van der Waals surface area contributed by atoms with Gasteiger partial charge in [0.2, 0.25) is 0 Å². The topological polar surface area (TPSA) is 45.1 Å². The van der Waals surface area contributed by atoms with E-state index in [9.17, 15) is 4.79 Å². The molecule has 5 heteroatoms. The van der Waals surface area contributed by atoms with E-state index in [2.05, 4.69) is 5.10 Å². The summed E-state index contributed by atoms with van der Waals surface area (Å²) < 4.78 is 5.74. The minimum Gasteiger partial charge on any atom is -0.377 e. The predicted octanol–water partition coefficient (Wildman–Crippen LogP) is 2.12. The number of carbonyl (C=O) groups is 1. The highest BCUT2D eigenvalue weighted by molar-refractivity contribution is 6.02. The van der Waals surface area contributed by atoms with E-state index in [-0.39, 0.29) is 12.0 Å². The Hall–Kier alpha value is -1.72. The Bertz CT molecular complexity index is 553. The fourth-order valence-electron chi connectivity index (χ4n) is 3.15. The summed E-state index contributed by atoms with van der Waals surface area (Å²) in [4.78, 5) is 14.5. The summed E-state index contributed by atoms with van der Waals surface area (Å²) in [7, 11) is 1.98. The standard InChI is InChI=1S/C18H25N3O2/c1-20(13-16-9-5-6-12-23-16)14-18(22)21-11-10-17(19-21)15-7-3-2-4-8-15/h2-4,7-8,16H,5-6,9-14H2,1H3. The van der Waals surface area contributed by atoms with Gasteiger partial charge in [0.25, 0.3) is 5.91 Å². The van der Waals surface area contributed by atoms with Gasteiger partial charge in [0, 0.05) is 19.6 Å². The maximum absolute atomic E-state index is 12.4. The summed E-state index contributed by atoms with van der Waals surface area (Å²) in [6.45, 7) is 2.74. The number of hydrogen-bond acceptors (Lipinski definition) is 4. The third-order valence-corrected chi connectivity index (χ3v) is 4.39. The predicted molar refractivity (Wildman–Crippen MR) is 90.4 cm³/mol. The van der Waals surface area contributed by atoms with Crippen molar-refractivity contribution in [3.05, 3.63) is 35.9 Å². The molecule has 1 unspecified atom stereocenters. The molecule has 23 heavy (non-hydrogen) atoms. The molecule has 5 nitrogen and oxygen atoms in total. The van der Waals surface area contributed by atoms with Gasteiger partial charge in [0.05, 0.1) is 24.9 Å². The molecule has 124 valence electrons. The molecule has 2 heterocycles. The number of carbonyl (C=O) groups excluding carboxylic acids is 1. The van der Waals surface area contributed by atoms with Crippen LogP contribution < -0.4 is 0 Å². The lowest BCUT2D eigenvalue weighted by Gasteiger charge is -2.27. The van der Waals surface area contributed by atoms with Crippen LogP contribution in [0.15, 0.2) is 35.4 Å². The molecule has 0 spiro atoms. The molecule has 0 radical (unpaired) electrons. The summed E-state index contributed by atoms with van der Waals surface area (Å²) in [5.74, 6) is 0.0641. The van der Waals surface area contributed by atoms with Crippen molar-refractivity contribution in [2.24, 2.45) is 5.10 Å². The van der Waals surface area contributed by atoms with Gasteiger partial charge in [-0.1, -0.05) is 30.3 Å². The van der Waals surface area contributed by atoms with Crippen LogP contribution in [0.4, 0.5) is 0 Å². The quantitative estimate of drug-likeness (QED) is 0.836. The van der Waals surface area contributed by atoms with Gasteiger partial charge < -0.3 is 4.74 Å². The molecule has 0 bridgehead atoms. The van der Waals surface area contributed by atoms with E-state index < -0.39 is 0 Å². The van der Waals surface area contributed by atoms with Crippen LogP contribution >= 0.6 is 0 Å². The normalized spacial score (nSPS) is 21.6. The van der Waals surface area contributed by atoms with Crippen LogP contribution in [0, 0.1) is 0 Å². The number of hydrogen-bond donors (Lipinski definition) is 0. The summed E-state index contributed by atoms with van der Waals surface area (Å²) in [6, 6.07) is 10.1. The van der Waals surface area contributed by atoms with Crippen LogP contribution in [-0.2, 0) is 9.53 Å². The molecule has 1 saturated heterocycles. The molecule has 1 amide bonds. The fourth-order valence-corrected chi connectivity index (χ4v) is 3.15. The number of likely N-dealkylation sites (N-methyl/N-ethyl adjacent to an activating group) is 1. The van der Waals surface area contributed by atoms with E-state index >= 15 is 0 Å². The summed E-state index contributed by atoms with van der Waals surface area (Å²) in [5.41, 5.74) is 2.10. The summed E-state index contributed by atoms with van der Waals surface area (Å²) >= 11 is 0. The van der Waals surface area contributed by atoms with E-state index in [1.165, 1.54) is 6.42 Å². The molecule has 0 aromatic heterocycles. The average Bonchev–Trinajstić information content (AvgIpc) is 3.06. The second kappa shape index (κ2) is 7.70. The zero-order valence-corrected chi connectivity index (χ0v) is 13.8. The first-order valence-electron chi connectivity index (χ1n) is 8.46. The first-order valence-corrected chi connectivity index (χ1v) is 8.46. The Morgan fingerprint density at radius 3 is 2.91 bits per heavy atom. The Labute approximate surface area is 137 Å². The van der Waals surface area contributed by atoms with Crippen LogP contribution in [0.3, 0.4) is 0 Å². The summed E-state index contributed by atoms with van der Waals surface area (Å²) in [6.07, 6.45) is 4.57. The first kappa shape index (κ1) is 16.1. The van der Waals surface area contributed by atoms with E-state index in [0.29, 0.717) is 13.1 Å². The van der Waals surface area contributed by atoms with Gasteiger partial charge in [0.15, 0.2) is 0 Å². The molecule has 1 aromatic rings. The highest BCUT2D eigenvalue weighted by Crippen LogP contribution is 2.15. The lowest BCUT2D eigenvalue weighted by Crippen LogP contribution is -2.40. The van der Waals surface area contributed by atoms with Gasteiger partial charge in [-0.25, -0.2) is 5.01 Å². The number of hydrazone groups is 1. The van der Waals surface area contributed by atoms with Crippen LogP contribution in [0.5, 0.6) is 0 Å². The maximum atomic E-state index is 12.4. The Morgan fingerprint density at radius 1 is 1.35 bits per heavy atom. The third-order valence-electron chi connectivity index (χ3n) is 4.39. The van der Waals surface area contributed by atoms with Crippen LogP contribution in [0.2, 0.25) is 0 Å². The van der Waals surface area contributed by atoms with Crippen LogP contribution in [0.1, 0.15) is 31.2 Å². The van der Waals surface area contributed by atoms with E-state index in [4.69, 9.17) is 4.74 Å². The van der Waals surface area contributed by atoms with Gasteiger partial charge in [0.1, 0.15) is 0 Å². The molecule has 1 atom stereocenters. The van der Waals surface area contributed by atoms with Crippen molar-refractivity contribution < 1.29 is 9.53 Å². The van der Waals surface area contributed by atoms with Gasteiger partial charge in [-0.2, -0.15) is 5.10 Å². The molecule has 2 aliphatic heterocycles. The van der Waals surface area contributed by atoms with Crippen molar-refractivity contribution in [1.29, 1.82) is 0 Å². The zero-order chi connectivity index (χ0) is 16.1. The Morgan fingerprint density at radius 2 is 2.17 bits per heavy atom. The molecular weight excluding hydrogens is 290 g/mol. The third kappa shape index (κ3) is 4.39. The zero-order valence-electron chi connectivity index (χ0n) is 13.8. The van der Waals surface area contributed by atoms with Gasteiger partial charge in [-0.15, -0.1) is 0 Å². The highest BCUT2D eigenvalue weighted by Gasteiger charge is 2.23. The minimum absolute atomic E-state index is 0.0641. The summed E-state index contributed by atoms with van der Waals surface area (Å²) in [5, 5.41) is 6.11. The van der Waals surface area contributed by atoms with E-state index in [1.807, 2.05) is 42.3 Å². The van der Waals surface area contributed by atoms with Gasteiger partial charge in [-0.3, -0.25) is 9.69 Å². The van der Waals surface area contributed by atoms with Crippen molar-refractivity contribution in [3.63, 3.8) is 0 Å². The fraction of sp³-hybridized carbons (Fsp3) is 0.556. The van der Waals surface area contributed by atoms with Crippen molar-refractivity contribution >= 4 is 11.6 Å². The maximum Gasteiger partial charge on any atom is 0.256 e. The second-order valence-electron chi connectivity index (χ2n) is 6.36. The van der Waals surface area contributed by atoms with Gasteiger partial charge in [-0.05, 0) is 31.9 Å². The number of rotatable bonds is 5. The first-order chi connectivity index (χ1) is 11.2. The highest BCUT2D eigenvalue weighted by atomic mass is 16.5. The van der Waals surface area contributed by atoms with Crippen LogP contribution in [-0.4, -0.2) is 60.9 Å². The van der Waals surface area contributed by atoms with Crippen LogP contribution in [0.25, 0.3) is 0 Å². The molecular formula is C18H25N3O2. The molecule has 0 saturated carbocycles. The molecule has 0 aliphatic carbocycles. The SMILES string of the molecule is CN(CC(=O)N1CCC(c2ccccc2)=N1)CC1CCCCO1. The molecule has 0 N–H and O–H groups in total. The number of amides is 1. The van der Waals surface area contributed by atoms with Crippen molar-refractivity contribution in [1.82, 2.24) is 9.91 Å². The lowest BCUT2D eigenvalue weighted by atomic mass is 10.1. The van der Waals surface area contributed by atoms with Gasteiger partial charge >= 0.3 is 0 Å². The molecule has 2 aliphatic rings. The lowest BCUT2D eigenvalue weighted by molar-refractivity contribution is -0.132. The monoisotopic (exact) mass is 315 g/mol. The molecule has 1 fully saturated rings. The Balaban J connectivity index is 1.51. The number of nitrogens with zero attached hydrogens (tertiary/aromatic N) is 3. The largest absolute Gasteiger partial charge is 0.377 e. The number of benzene rings is 1. The average molecular weight is 315 g/mol. The smallest absolute Gasteiger partial charge is 0.256 e. The van der Waals surface area contributed by atoms with Crippen molar-refractivity contribution in [3.8, 4) is 0 Å². The van der Waals surface area contributed by atoms with E-state index in [1.54, 1.807) is 5.01 Å². The van der Waals surface area contributed by atoms with Crippen molar-refractivity contribution in [2.45, 2.75) is 31.8 Å². The van der Waals surface area contributed by atoms with Crippen molar-refractivity contribution in [2.75, 3.05) is 33.3 Å². The van der Waals surface area contributed by atoms with E-state index in [0.717, 1.165) is 43.7 Å². The molecule has 3 rings (SSSR count). The molecule has 1 aromatic carbocycles. The number of ether oxygens (including phenoxy) is 1.